The van der Waals surface area contributed by atoms with E-state index < -0.39 is 0 Å². The predicted molar refractivity (Wildman–Crippen MR) is 89.0 cm³/mol. The van der Waals surface area contributed by atoms with Gasteiger partial charge in [-0.15, -0.1) is 0 Å². The number of carbonyl (C=O) groups excluding carboxylic acids is 2. The van der Waals surface area contributed by atoms with Gasteiger partial charge in [-0.05, 0) is 43.7 Å². The number of hydrogen-bond donors (Lipinski definition) is 2. The Morgan fingerprint density at radius 3 is 2.87 bits per heavy atom. The minimum atomic E-state index is -0.363. The minimum Gasteiger partial charge on any atom is -0.354 e. The first-order valence-electron chi connectivity index (χ1n) is 8.57. The topological polar surface area (TPSA) is 61.4 Å². The van der Waals surface area contributed by atoms with Crippen molar-refractivity contribution >= 4 is 11.8 Å². The number of nitrogens with one attached hydrogen (secondary N) is 2. The molecule has 2 N–H and O–H groups in total. The van der Waals surface area contributed by atoms with E-state index in [2.05, 4.69) is 39.8 Å². The number of amides is 2. The van der Waals surface area contributed by atoms with Gasteiger partial charge in [0.25, 0.3) is 0 Å². The Hall–Kier alpha value is -1.88. The lowest BCUT2D eigenvalue weighted by molar-refractivity contribution is -0.129. The molecular formula is C18H25N3O2. The molecule has 1 aromatic carbocycles. The molecular weight excluding hydrogens is 290 g/mol. The van der Waals surface area contributed by atoms with Crippen LogP contribution in [0.5, 0.6) is 0 Å². The van der Waals surface area contributed by atoms with Gasteiger partial charge in [-0.1, -0.05) is 30.3 Å². The van der Waals surface area contributed by atoms with Crippen molar-refractivity contribution in [3.05, 3.63) is 35.9 Å². The molecule has 2 saturated heterocycles. The van der Waals surface area contributed by atoms with Crippen LogP contribution in [0, 0.1) is 0 Å². The predicted octanol–water partition coefficient (Wildman–Crippen LogP) is 1.26. The van der Waals surface area contributed by atoms with Crippen LogP contribution in [-0.2, 0) is 9.59 Å². The smallest absolute Gasteiger partial charge is 0.242 e. The molecule has 23 heavy (non-hydrogen) atoms. The van der Waals surface area contributed by atoms with Gasteiger partial charge in [0, 0.05) is 13.1 Å². The van der Waals surface area contributed by atoms with Crippen molar-refractivity contribution in [1.29, 1.82) is 0 Å². The number of benzene rings is 1. The van der Waals surface area contributed by atoms with Crippen LogP contribution in [0.15, 0.2) is 30.3 Å². The molecule has 124 valence electrons. The molecule has 2 amide bonds. The van der Waals surface area contributed by atoms with Crippen molar-refractivity contribution in [3.63, 3.8) is 0 Å². The van der Waals surface area contributed by atoms with E-state index in [-0.39, 0.29) is 17.9 Å². The molecule has 0 aromatic heterocycles. The van der Waals surface area contributed by atoms with Gasteiger partial charge in [0.2, 0.25) is 11.8 Å². The summed E-state index contributed by atoms with van der Waals surface area (Å²) in [6.07, 6.45) is 3.79. The van der Waals surface area contributed by atoms with Gasteiger partial charge in [0.1, 0.15) is 6.04 Å². The fraction of sp³-hybridized carbons (Fsp3) is 0.556. The summed E-state index contributed by atoms with van der Waals surface area (Å²) in [4.78, 5) is 26.3. The van der Waals surface area contributed by atoms with Crippen molar-refractivity contribution in [1.82, 2.24) is 15.5 Å². The highest BCUT2D eigenvalue weighted by Gasteiger charge is 2.27. The molecule has 5 nitrogen and oxygen atoms in total. The normalized spacial score (nSPS) is 25.7. The standard InChI is InChI=1S/C18H25N3O2/c22-17(20-16-8-4-5-10-19-18(16)23)13-21-11-9-15(12-21)14-6-2-1-3-7-14/h1-3,6-7,15-16H,4-5,8-13H2,(H,19,23)(H,20,22)/t15-,16-/m0/s1. The average Bonchev–Trinajstić information content (AvgIpc) is 2.93. The molecule has 2 aliphatic rings. The maximum absolute atomic E-state index is 12.2. The molecule has 0 radical (unpaired) electrons. The fourth-order valence-electron chi connectivity index (χ4n) is 3.49. The highest BCUT2D eigenvalue weighted by atomic mass is 16.2. The maximum atomic E-state index is 12.2. The molecule has 2 heterocycles. The van der Waals surface area contributed by atoms with Crippen LogP contribution in [0.4, 0.5) is 0 Å². The van der Waals surface area contributed by atoms with Crippen LogP contribution in [0.1, 0.15) is 37.2 Å². The molecule has 1 aromatic rings. The van der Waals surface area contributed by atoms with Crippen LogP contribution in [0.3, 0.4) is 0 Å². The summed E-state index contributed by atoms with van der Waals surface area (Å²) in [5.41, 5.74) is 1.35. The molecule has 2 aliphatic heterocycles. The largest absolute Gasteiger partial charge is 0.354 e. The van der Waals surface area contributed by atoms with E-state index in [1.165, 1.54) is 5.56 Å². The third-order valence-corrected chi connectivity index (χ3v) is 4.78. The summed E-state index contributed by atoms with van der Waals surface area (Å²) in [5.74, 6) is 0.422. The van der Waals surface area contributed by atoms with Crippen LogP contribution in [-0.4, -0.2) is 48.9 Å². The number of carbonyl (C=O) groups is 2. The lowest BCUT2D eigenvalue weighted by atomic mass is 9.99. The first-order valence-corrected chi connectivity index (χ1v) is 8.57. The molecule has 0 saturated carbocycles. The minimum absolute atomic E-state index is 0.0410. The number of rotatable bonds is 4. The SMILES string of the molecule is O=C(CN1CC[C@H](c2ccccc2)C1)N[C@H]1CCCCNC1=O. The Labute approximate surface area is 137 Å². The second kappa shape index (κ2) is 7.59. The van der Waals surface area contributed by atoms with Crippen molar-refractivity contribution < 1.29 is 9.59 Å². The van der Waals surface area contributed by atoms with E-state index in [0.29, 0.717) is 12.5 Å². The summed E-state index contributed by atoms with van der Waals surface area (Å²) >= 11 is 0. The molecule has 0 spiro atoms. The fourth-order valence-corrected chi connectivity index (χ4v) is 3.49. The van der Waals surface area contributed by atoms with E-state index in [9.17, 15) is 9.59 Å². The van der Waals surface area contributed by atoms with Gasteiger partial charge in [-0.25, -0.2) is 0 Å². The first kappa shape index (κ1) is 16.0. The van der Waals surface area contributed by atoms with Crippen LogP contribution in [0.2, 0.25) is 0 Å². The van der Waals surface area contributed by atoms with Gasteiger partial charge in [0.15, 0.2) is 0 Å². The lowest BCUT2D eigenvalue weighted by Gasteiger charge is -2.19. The molecule has 5 heteroatoms. The Balaban J connectivity index is 1.48. The summed E-state index contributed by atoms with van der Waals surface area (Å²) < 4.78 is 0. The Kier molecular flexibility index (Phi) is 5.28. The summed E-state index contributed by atoms with van der Waals surface area (Å²) in [6, 6.07) is 10.1. The van der Waals surface area contributed by atoms with E-state index in [0.717, 1.165) is 45.3 Å². The average molecular weight is 315 g/mol. The van der Waals surface area contributed by atoms with Crippen molar-refractivity contribution in [2.75, 3.05) is 26.2 Å². The van der Waals surface area contributed by atoms with E-state index in [1.54, 1.807) is 0 Å². The van der Waals surface area contributed by atoms with Crippen LogP contribution < -0.4 is 10.6 Å². The second-order valence-corrected chi connectivity index (χ2v) is 6.54. The lowest BCUT2D eigenvalue weighted by Crippen LogP contribution is -2.48. The van der Waals surface area contributed by atoms with Crippen LogP contribution >= 0.6 is 0 Å². The number of nitrogens with zero attached hydrogens (tertiary/aromatic N) is 1. The second-order valence-electron chi connectivity index (χ2n) is 6.54. The van der Waals surface area contributed by atoms with Crippen molar-refractivity contribution in [3.8, 4) is 0 Å². The zero-order chi connectivity index (χ0) is 16.1. The third kappa shape index (κ3) is 4.32. The van der Waals surface area contributed by atoms with E-state index in [1.807, 2.05) is 6.07 Å². The van der Waals surface area contributed by atoms with Crippen molar-refractivity contribution in [2.45, 2.75) is 37.6 Å². The molecule has 0 bridgehead atoms. The van der Waals surface area contributed by atoms with Crippen LogP contribution in [0.25, 0.3) is 0 Å². The Morgan fingerprint density at radius 1 is 1.22 bits per heavy atom. The molecule has 0 unspecified atom stereocenters. The maximum Gasteiger partial charge on any atom is 0.242 e. The summed E-state index contributed by atoms with van der Waals surface area (Å²) in [5, 5.41) is 5.75. The molecule has 2 fully saturated rings. The Bertz CT molecular complexity index is 546. The summed E-state index contributed by atoms with van der Waals surface area (Å²) in [6.45, 7) is 2.95. The monoisotopic (exact) mass is 315 g/mol. The molecule has 3 rings (SSSR count). The van der Waals surface area contributed by atoms with Gasteiger partial charge in [-0.3, -0.25) is 14.5 Å². The van der Waals surface area contributed by atoms with Gasteiger partial charge in [-0.2, -0.15) is 0 Å². The highest BCUT2D eigenvalue weighted by Crippen LogP contribution is 2.26. The zero-order valence-electron chi connectivity index (χ0n) is 13.5. The quantitative estimate of drug-likeness (QED) is 0.879. The molecule has 0 aliphatic carbocycles. The van der Waals surface area contributed by atoms with Crippen molar-refractivity contribution in [2.24, 2.45) is 0 Å². The number of likely N-dealkylation sites (tertiary alicyclic amines) is 1. The third-order valence-electron chi connectivity index (χ3n) is 4.78. The zero-order valence-corrected chi connectivity index (χ0v) is 13.5. The highest BCUT2D eigenvalue weighted by molar-refractivity contribution is 5.88. The van der Waals surface area contributed by atoms with Gasteiger partial charge in [0.05, 0.1) is 6.54 Å². The summed E-state index contributed by atoms with van der Waals surface area (Å²) in [7, 11) is 0. The first-order chi connectivity index (χ1) is 11.2. The van der Waals surface area contributed by atoms with E-state index in [4.69, 9.17) is 0 Å². The van der Waals surface area contributed by atoms with E-state index >= 15 is 0 Å². The number of hydrogen-bond acceptors (Lipinski definition) is 3. The van der Waals surface area contributed by atoms with Gasteiger partial charge >= 0.3 is 0 Å². The molecule has 2 atom stereocenters. The van der Waals surface area contributed by atoms with Gasteiger partial charge < -0.3 is 10.6 Å². The Morgan fingerprint density at radius 2 is 2.04 bits per heavy atom.